The van der Waals surface area contributed by atoms with Gasteiger partial charge in [-0.25, -0.2) is 9.97 Å². The van der Waals surface area contributed by atoms with Crippen molar-refractivity contribution in [2.75, 3.05) is 96.8 Å². The van der Waals surface area contributed by atoms with Gasteiger partial charge in [-0.2, -0.15) is 0 Å². The van der Waals surface area contributed by atoms with Gasteiger partial charge in [0.15, 0.2) is 0 Å². The fourth-order valence-electron chi connectivity index (χ4n) is 5.06. The molecule has 0 atom stereocenters. The smallest absolute Gasteiger partial charge is 0.247 e. The number of piperazine rings is 1. The van der Waals surface area contributed by atoms with E-state index < -0.39 is 0 Å². The molecule has 11 heteroatoms. The third-order valence-corrected chi connectivity index (χ3v) is 7.72. The van der Waals surface area contributed by atoms with Crippen molar-refractivity contribution in [3.05, 3.63) is 77.9 Å². The predicted molar refractivity (Wildman–Crippen MR) is 175 cm³/mol. The lowest BCUT2D eigenvalue weighted by atomic mass is 10.0. The molecular formula is C33H43N7O4. The van der Waals surface area contributed by atoms with Crippen LogP contribution in [0.3, 0.4) is 0 Å². The second-order valence-corrected chi connectivity index (χ2v) is 11.1. The van der Waals surface area contributed by atoms with Crippen LogP contribution in [0, 0.1) is 0 Å². The summed E-state index contributed by atoms with van der Waals surface area (Å²) in [7, 11) is 11.3. The zero-order valence-electron chi connectivity index (χ0n) is 26.6. The summed E-state index contributed by atoms with van der Waals surface area (Å²) in [4.78, 5) is 43.8. The normalized spacial score (nSPS) is 13.5. The van der Waals surface area contributed by atoms with E-state index in [4.69, 9.17) is 9.47 Å². The molecule has 0 saturated carbocycles. The number of ether oxygens (including phenoxy) is 2. The number of ketones is 1. The Kier molecular flexibility index (Phi) is 10.9. The van der Waals surface area contributed by atoms with Crippen molar-refractivity contribution in [1.82, 2.24) is 19.8 Å². The highest BCUT2D eigenvalue weighted by Gasteiger charge is 2.21. The van der Waals surface area contributed by atoms with Gasteiger partial charge in [-0.15, -0.1) is 0 Å². The van der Waals surface area contributed by atoms with Crippen LogP contribution in [-0.4, -0.2) is 113 Å². The first kappa shape index (κ1) is 32.4. The Bertz CT molecular complexity index is 1480. The molecule has 1 amide bonds. The number of amides is 1. The fourth-order valence-corrected chi connectivity index (χ4v) is 5.06. The summed E-state index contributed by atoms with van der Waals surface area (Å²) in [6.45, 7) is 8.94. The Labute approximate surface area is 260 Å². The number of methoxy groups -OCH3 is 2. The number of carbonyl (C=O) groups is 2. The van der Waals surface area contributed by atoms with E-state index in [1.807, 2.05) is 45.4 Å². The Morgan fingerprint density at radius 3 is 2.39 bits per heavy atom. The van der Waals surface area contributed by atoms with Crippen molar-refractivity contribution in [3.8, 4) is 11.5 Å². The minimum Gasteiger partial charge on any atom is -0.496 e. The zero-order chi connectivity index (χ0) is 31.8. The lowest BCUT2D eigenvalue weighted by molar-refractivity contribution is -0.111. The first-order chi connectivity index (χ1) is 21.1. The Balaban J connectivity index is 1.61. The van der Waals surface area contributed by atoms with Gasteiger partial charge in [-0.1, -0.05) is 6.58 Å². The van der Waals surface area contributed by atoms with Crippen LogP contribution in [0.15, 0.2) is 55.3 Å². The molecule has 0 spiro atoms. The van der Waals surface area contributed by atoms with E-state index in [9.17, 15) is 9.59 Å². The van der Waals surface area contributed by atoms with Crippen LogP contribution < -0.4 is 24.6 Å². The van der Waals surface area contributed by atoms with Crippen LogP contribution in [0.4, 0.5) is 17.1 Å². The maximum absolute atomic E-state index is 13.6. The Morgan fingerprint density at radius 2 is 1.73 bits per heavy atom. The van der Waals surface area contributed by atoms with E-state index in [0.717, 1.165) is 56.2 Å². The summed E-state index contributed by atoms with van der Waals surface area (Å²) in [5.41, 5.74) is 3.91. The standard InChI is InChI=1S/C33H43N7O4/c1-8-32(41)36-27-19-23(29(43-6)22-28(27)39(5)16-13-37(2)3)20-31-34-12-11-26(35-31)33(42)25-10-9-24(21-30(25)44-7)40-17-14-38(4)15-18-40/h8-12,19,21-22H,1,13-18,20H2,2-7H3,(H,36,41). The van der Waals surface area contributed by atoms with Crippen LogP contribution in [-0.2, 0) is 11.2 Å². The van der Waals surface area contributed by atoms with Crippen molar-refractivity contribution in [2.45, 2.75) is 6.42 Å². The molecule has 1 aliphatic heterocycles. The molecule has 1 aromatic heterocycles. The lowest BCUT2D eigenvalue weighted by Gasteiger charge is -2.34. The summed E-state index contributed by atoms with van der Waals surface area (Å²) in [6.07, 6.45) is 3.09. The van der Waals surface area contributed by atoms with Gasteiger partial charge in [0, 0.05) is 82.3 Å². The molecule has 1 aliphatic rings. The van der Waals surface area contributed by atoms with Gasteiger partial charge in [0.25, 0.3) is 0 Å². The summed E-state index contributed by atoms with van der Waals surface area (Å²) in [5.74, 6) is 0.996. The van der Waals surface area contributed by atoms with Crippen LogP contribution in [0.1, 0.15) is 27.4 Å². The number of aromatic nitrogens is 2. The maximum atomic E-state index is 13.6. The first-order valence-electron chi connectivity index (χ1n) is 14.6. The molecule has 3 aromatic rings. The molecule has 2 aromatic carbocycles. The second-order valence-electron chi connectivity index (χ2n) is 11.1. The fraction of sp³-hybridized carbons (Fsp3) is 0.394. The van der Waals surface area contributed by atoms with Gasteiger partial charge < -0.3 is 34.4 Å². The molecule has 1 saturated heterocycles. The third-order valence-electron chi connectivity index (χ3n) is 7.72. The Hall–Kier alpha value is -4.48. The van der Waals surface area contributed by atoms with Crippen LogP contribution in [0.25, 0.3) is 0 Å². The summed E-state index contributed by atoms with van der Waals surface area (Å²) >= 11 is 0. The molecule has 11 nitrogen and oxygen atoms in total. The van der Waals surface area contributed by atoms with Crippen LogP contribution >= 0.6 is 0 Å². The summed E-state index contributed by atoms with van der Waals surface area (Å²) in [6, 6.07) is 11.0. The van der Waals surface area contributed by atoms with Gasteiger partial charge in [-0.3, -0.25) is 9.59 Å². The van der Waals surface area contributed by atoms with Gasteiger partial charge >= 0.3 is 0 Å². The Morgan fingerprint density at radius 1 is 1.00 bits per heavy atom. The first-order valence-corrected chi connectivity index (χ1v) is 14.6. The average Bonchev–Trinajstić information content (AvgIpc) is 3.03. The molecule has 2 heterocycles. The molecule has 1 N–H and O–H groups in total. The number of likely N-dealkylation sites (N-methyl/N-ethyl adjacent to an activating group) is 3. The van der Waals surface area contributed by atoms with Gasteiger partial charge in [0.1, 0.15) is 23.0 Å². The summed E-state index contributed by atoms with van der Waals surface area (Å²) < 4.78 is 11.4. The minimum absolute atomic E-state index is 0.251. The molecule has 0 radical (unpaired) electrons. The number of anilines is 3. The predicted octanol–water partition coefficient (Wildman–Crippen LogP) is 3.19. The molecule has 4 rings (SSSR count). The molecule has 1 fully saturated rings. The van der Waals surface area contributed by atoms with Crippen molar-refractivity contribution < 1.29 is 19.1 Å². The molecule has 44 heavy (non-hydrogen) atoms. The highest BCUT2D eigenvalue weighted by atomic mass is 16.5. The maximum Gasteiger partial charge on any atom is 0.247 e. The van der Waals surface area contributed by atoms with E-state index in [1.165, 1.54) is 6.08 Å². The SMILES string of the molecule is C=CC(=O)Nc1cc(Cc2nccc(C(=O)c3ccc(N4CCN(C)CC4)cc3OC)n2)c(OC)cc1N(C)CCN(C)C. The zero-order valence-corrected chi connectivity index (χ0v) is 26.6. The number of nitrogens with one attached hydrogen (secondary N) is 1. The molecule has 0 unspecified atom stereocenters. The van der Waals surface area contributed by atoms with Crippen molar-refractivity contribution >= 4 is 28.8 Å². The van der Waals surface area contributed by atoms with Gasteiger partial charge in [0.05, 0.1) is 31.2 Å². The highest BCUT2D eigenvalue weighted by Crippen LogP contribution is 2.35. The van der Waals surface area contributed by atoms with E-state index in [1.54, 1.807) is 32.5 Å². The van der Waals surface area contributed by atoms with Gasteiger partial charge in [-0.05, 0) is 51.5 Å². The summed E-state index contributed by atoms with van der Waals surface area (Å²) in [5, 5.41) is 2.92. The lowest BCUT2D eigenvalue weighted by Crippen LogP contribution is -2.44. The van der Waals surface area contributed by atoms with E-state index in [0.29, 0.717) is 28.6 Å². The van der Waals surface area contributed by atoms with Crippen molar-refractivity contribution in [1.29, 1.82) is 0 Å². The number of hydrogen-bond acceptors (Lipinski definition) is 10. The quantitative estimate of drug-likeness (QED) is 0.232. The van der Waals surface area contributed by atoms with Crippen molar-refractivity contribution in [3.63, 3.8) is 0 Å². The number of carbonyl (C=O) groups excluding carboxylic acids is 2. The molecule has 234 valence electrons. The van der Waals surface area contributed by atoms with E-state index in [2.05, 4.69) is 48.5 Å². The number of hydrogen-bond donors (Lipinski definition) is 1. The number of rotatable bonds is 13. The van der Waals surface area contributed by atoms with Crippen LogP contribution in [0.5, 0.6) is 11.5 Å². The second kappa shape index (κ2) is 14.8. The van der Waals surface area contributed by atoms with E-state index >= 15 is 0 Å². The molecule has 0 aliphatic carbocycles. The topological polar surface area (TPSA) is 103 Å². The monoisotopic (exact) mass is 601 g/mol. The van der Waals surface area contributed by atoms with Gasteiger partial charge in [0.2, 0.25) is 11.7 Å². The number of nitrogens with zero attached hydrogens (tertiary/aromatic N) is 6. The average molecular weight is 602 g/mol. The number of benzene rings is 2. The van der Waals surface area contributed by atoms with Crippen molar-refractivity contribution in [2.24, 2.45) is 0 Å². The largest absolute Gasteiger partial charge is 0.496 e. The minimum atomic E-state index is -0.320. The van der Waals surface area contributed by atoms with Crippen LogP contribution in [0.2, 0.25) is 0 Å². The molecular weight excluding hydrogens is 558 g/mol. The van der Waals surface area contributed by atoms with E-state index in [-0.39, 0.29) is 23.8 Å². The highest BCUT2D eigenvalue weighted by molar-refractivity contribution is 6.09. The molecule has 0 bridgehead atoms. The third kappa shape index (κ3) is 7.91.